The SMILES string of the molecule is NC(Cc1ccc(Cl)cc1Cl)C(=O)N1CCN(Cc2cc(F)ccc2F)CC1. The second-order valence-electron chi connectivity index (χ2n) is 6.88. The maximum atomic E-state index is 13.8. The van der Waals surface area contributed by atoms with Crippen LogP contribution in [-0.4, -0.2) is 47.9 Å². The molecule has 1 fully saturated rings. The van der Waals surface area contributed by atoms with Crippen LogP contribution in [0.2, 0.25) is 10.0 Å². The van der Waals surface area contributed by atoms with E-state index in [1.807, 2.05) is 4.90 Å². The molecule has 3 rings (SSSR count). The Morgan fingerprint density at radius 1 is 1.04 bits per heavy atom. The molecule has 1 amide bonds. The van der Waals surface area contributed by atoms with E-state index < -0.39 is 17.7 Å². The van der Waals surface area contributed by atoms with Gasteiger partial charge in [-0.2, -0.15) is 0 Å². The Hall–Kier alpha value is -1.73. The van der Waals surface area contributed by atoms with Crippen LogP contribution < -0.4 is 5.73 Å². The fourth-order valence-corrected chi connectivity index (χ4v) is 3.76. The van der Waals surface area contributed by atoms with E-state index in [1.165, 1.54) is 6.07 Å². The topological polar surface area (TPSA) is 49.6 Å². The Kier molecular flexibility index (Phi) is 6.88. The molecule has 2 aromatic carbocycles. The summed E-state index contributed by atoms with van der Waals surface area (Å²) in [5, 5.41) is 1.01. The monoisotopic (exact) mass is 427 g/mol. The van der Waals surface area contributed by atoms with Crippen molar-refractivity contribution in [1.29, 1.82) is 0 Å². The van der Waals surface area contributed by atoms with E-state index in [-0.39, 0.29) is 5.91 Å². The van der Waals surface area contributed by atoms with Gasteiger partial charge < -0.3 is 10.6 Å². The number of rotatable bonds is 5. The van der Waals surface area contributed by atoms with Gasteiger partial charge in [-0.1, -0.05) is 29.3 Å². The number of amides is 1. The van der Waals surface area contributed by atoms with Gasteiger partial charge in [-0.25, -0.2) is 8.78 Å². The van der Waals surface area contributed by atoms with Crippen LogP contribution in [0.15, 0.2) is 36.4 Å². The second-order valence-corrected chi connectivity index (χ2v) is 7.73. The summed E-state index contributed by atoms with van der Waals surface area (Å²) >= 11 is 12.0. The smallest absolute Gasteiger partial charge is 0.239 e. The summed E-state index contributed by atoms with van der Waals surface area (Å²) in [4.78, 5) is 16.3. The summed E-state index contributed by atoms with van der Waals surface area (Å²) in [5.74, 6) is -1.04. The molecule has 28 heavy (non-hydrogen) atoms. The van der Waals surface area contributed by atoms with Crippen molar-refractivity contribution in [3.63, 3.8) is 0 Å². The number of hydrogen-bond acceptors (Lipinski definition) is 3. The number of halogens is 4. The number of piperazine rings is 1. The van der Waals surface area contributed by atoms with E-state index in [0.717, 1.165) is 17.7 Å². The van der Waals surface area contributed by atoms with Crippen molar-refractivity contribution in [3.05, 3.63) is 69.2 Å². The summed E-state index contributed by atoms with van der Waals surface area (Å²) in [6, 6.07) is 7.84. The Bertz CT molecular complexity index is 857. The van der Waals surface area contributed by atoms with Crippen molar-refractivity contribution >= 4 is 29.1 Å². The lowest BCUT2D eigenvalue weighted by atomic mass is 10.0. The number of hydrogen-bond donors (Lipinski definition) is 1. The zero-order valence-electron chi connectivity index (χ0n) is 15.2. The average molecular weight is 428 g/mol. The first-order chi connectivity index (χ1) is 13.3. The first-order valence-corrected chi connectivity index (χ1v) is 9.73. The van der Waals surface area contributed by atoms with E-state index in [1.54, 1.807) is 23.1 Å². The maximum Gasteiger partial charge on any atom is 0.239 e. The van der Waals surface area contributed by atoms with E-state index in [4.69, 9.17) is 28.9 Å². The summed E-state index contributed by atoms with van der Waals surface area (Å²) in [7, 11) is 0. The Morgan fingerprint density at radius 2 is 1.75 bits per heavy atom. The highest BCUT2D eigenvalue weighted by atomic mass is 35.5. The molecule has 2 aromatic rings. The molecule has 0 aliphatic carbocycles. The van der Waals surface area contributed by atoms with Gasteiger partial charge in [0.25, 0.3) is 0 Å². The molecule has 0 aromatic heterocycles. The highest BCUT2D eigenvalue weighted by Gasteiger charge is 2.26. The van der Waals surface area contributed by atoms with Crippen LogP contribution in [-0.2, 0) is 17.8 Å². The molecule has 1 saturated heterocycles. The average Bonchev–Trinajstić information content (AvgIpc) is 2.67. The van der Waals surface area contributed by atoms with Crippen molar-refractivity contribution in [2.45, 2.75) is 19.0 Å². The number of nitrogens with zero attached hydrogens (tertiary/aromatic N) is 2. The third-order valence-corrected chi connectivity index (χ3v) is 5.44. The lowest BCUT2D eigenvalue weighted by molar-refractivity contribution is -0.134. The standard InChI is InChI=1S/C20H21Cl2F2N3O/c21-15-2-1-13(17(22)11-15)10-19(25)20(28)27-7-5-26(6-8-27)12-14-9-16(23)3-4-18(14)24/h1-4,9,11,19H,5-8,10,12,25H2. The van der Waals surface area contributed by atoms with Gasteiger partial charge in [0.2, 0.25) is 5.91 Å². The highest BCUT2D eigenvalue weighted by Crippen LogP contribution is 2.22. The molecule has 8 heteroatoms. The molecule has 1 heterocycles. The van der Waals surface area contributed by atoms with Crippen LogP contribution in [0.3, 0.4) is 0 Å². The predicted molar refractivity (Wildman–Crippen MR) is 106 cm³/mol. The van der Waals surface area contributed by atoms with Gasteiger partial charge >= 0.3 is 0 Å². The molecular formula is C20H21Cl2F2N3O. The Balaban J connectivity index is 1.53. The fraction of sp³-hybridized carbons (Fsp3) is 0.350. The normalized spacial score (nSPS) is 16.2. The lowest BCUT2D eigenvalue weighted by Crippen LogP contribution is -2.53. The quantitative estimate of drug-likeness (QED) is 0.794. The van der Waals surface area contributed by atoms with Crippen LogP contribution in [0, 0.1) is 11.6 Å². The number of carbonyl (C=O) groups excluding carboxylic acids is 1. The van der Waals surface area contributed by atoms with E-state index in [9.17, 15) is 13.6 Å². The minimum Gasteiger partial charge on any atom is -0.339 e. The third-order valence-electron chi connectivity index (χ3n) is 4.86. The van der Waals surface area contributed by atoms with Gasteiger partial charge in [0.1, 0.15) is 11.6 Å². The molecule has 1 aliphatic heterocycles. The highest BCUT2D eigenvalue weighted by molar-refractivity contribution is 6.35. The lowest BCUT2D eigenvalue weighted by Gasteiger charge is -2.36. The molecule has 1 unspecified atom stereocenters. The molecule has 0 radical (unpaired) electrons. The van der Waals surface area contributed by atoms with Crippen LogP contribution in [0.5, 0.6) is 0 Å². The summed E-state index contributed by atoms with van der Waals surface area (Å²) < 4.78 is 27.1. The third kappa shape index (κ3) is 5.20. The number of nitrogens with two attached hydrogens (primary N) is 1. The summed E-state index contributed by atoms with van der Waals surface area (Å²) in [6.45, 7) is 2.40. The largest absolute Gasteiger partial charge is 0.339 e. The van der Waals surface area contributed by atoms with Crippen molar-refractivity contribution in [2.75, 3.05) is 26.2 Å². The Labute approximate surface area is 172 Å². The first kappa shape index (κ1) is 21.0. The summed E-state index contributed by atoms with van der Waals surface area (Å²) in [6.07, 6.45) is 0.323. The molecule has 0 saturated carbocycles. The molecule has 1 aliphatic rings. The molecule has 1 atom stereocenters. The van der Waals surface area contributed by atoms with Crippen molar-refractivity contribution in [1.82, 2.24) is 9.80 Å². The number of benzene rings is 2. The Morgan fingerprint density at radius 3 is 2.43 bits per heavy atom. The van der Waals surface area contributed by atoms with Gasteiger partial charge in [0.05, 0.1) is 6.04 Å². The van der Waals surface area contributed by atoms with Crippen molar-refractivity contribution < 1.29 is 13.6 Å². The van der Waals surface area contributed by atoms with Crippen LogP contribution in [0.1, 0.15) is 11.1 Å². The zero-order valence-corrected chi connectivity index (χ0v) is 16.7. The van der Waals surface area contributed by atoms with Crippen molar-refractivity contribution in [3.8, 4) is 0 Å². The van der Waals surface area contributed by atoms with E-state index in [0.29, 0.717) is 54.8 Å². The minimum atomic E-state index is -0.703. The first-order valence-electron chi connectivity index (χ1n) is 8.98. The van der Waals surface area contributed by atoms with Gasteiger partial charge in [-0.15, -0.1) is 0 Å². The summed E-state index contributed by atoms with van der Waals surface area (Å²) in [5.41, 5.74) is 7.18. The van der Waals surface area contributed by atoms with E-state index in [2.05, 4.69) is 0 Å². The molecule has 0 spiro atoms. The maximum absolute atomic E-state index is 13.8. The van der Waals surface area contributed by atoms with E-state index >= 15 is 0 Å². The van der Waals surface area contributed by atoms with Crippen LogP contribution >= 0.6 is 23.2 Å². The molecule has 2 N–H and O–H groups in total. The number of carbonyl (C=O) groups is 1. The predicted octanol–water partition coefficient (Wildman–Crippen LogP) is 3.49. The fourth-order valence-electron chi connectivity index (χ4n) is 3.28. The van der Waals surface area contributed by atoms with Gasteiger partial charge in [0, 0.05) is 48.3 Å². The van der Waals surface area contributed by atoms with Gasteiger partial charge in [-0.3, -0.25) is 9.69 Å². The molecule has 150 valence electrons. The second kappa shape index (κ2) is 9.18. The van der Waals surface area contributed by atoms with Crippen LogP contribution in [0.25, 0.3) is 0 Å². The van der Waals surface area contributed by atoms with Gasteiger partial charge in [0.15, 0.2) is 0 Å². The van der Waals surface area contributed by atoms with Crippen molar-refractivity contribution in [2.24, 2.45) is 5.73 Å². The zero-order chi connectivity index (χ0) is 20.3. The molecule has 4 nitrogen and oxygen atoms in total. The van der Waals surface area contributed by atoms with Gasteiger partial charge in [-0.05, 0) is 42.3 Å². The van der Waals surface area contributed by atoms with Crippen LogP contribution in [0.4, 0.5) is 8.78 Å². The molecular weight excluding hydrogens is 407 g/mol. The molecule has 0 bridgehead atoms. The minimum absolute atomic E-state index is 0.150.